The fraction of sp³-hybridized carbons (Fsp3) is 0.0625. The van der Waals surface area contributed by atoms with Gasteiger partial charge in [-0.1, -0.05) is 35.9 Å². The molecule has 130 valence electrons. The van der Waals surface area contributed by atoms with E-state index in [-0.39, 0.29) is 15.5 Å². The largest absolute Gasteiger partial charge is 0.460 e. The van der Waals surface area contributed by atoms with Gasteiger partial charge in [0.15, 0.2) is 6.10 Å². The Morgan fingerprint density at radius 2 is 1.80 bits per heavy atom. The Hall–Kier alpha value is -2.58. The van der Waals surface area contributed by atoms with Crippen LogP contribution in [0.25, 0.3) is 0 Å². The zero-order valence-electron chi connectivity index (χ0n) is 12.5. The van der Waals surface area contributed by atoms with E-state index in [2.05, 4.69) is 0 Å². The highest BCUT2D eigenvalue weighted by atomic mass is 35.5. The summed E-state index contributed by atoms with van der Waals surface area (Å²) in [5.41, 5.74) is 5.32. The lowest BCUT2D eigenvalue weighted by atomic mass is 10.1. The predicted molar refractivity (Wildman–Crippen MR) is 86.2 cm³/mol. The number of hydrogen-bond acceptors (Lipinski definition) is 6. The van der Waals surface area contributed by atoms with Gasteiger partial charge in [0.1, 0.15) is 10.7 Å². The Bertz CT molecular complexity index is 955. The first-order valence-corrected chi connectivity index (χ1v) is 8.74. The van der Waals surface area contributed by atoms with E-state index in [9.17, 15) is 17.6 Å². The fourth-order valence-electron chi connectivity index (χ4n) is 2.25. The molecule has 0 amide bonds. The molecule has 9 heteroatoms. The van der Waals surface area contributed by atoms with Crippen LogP contribution in [0.1, 0.15) is 11.7 Å². The second-order valence-corrected chi connectivity index (χ2v) is 6.99. The van der Waals surface area contributed by atoms with Gasteiger partial charge in [-0.2, -0.15) is 8.42 Å². The summed E-state index contributed by atoms with van der Waals surface area (Å²) in [6, 6.07) is 11.0. The molecule has 0 fully saturated rings. The smallest absolute Gasteiger partial charge is 0.339 e. The number of rotatable bonds is 4. The van der Waals surface area contributed by atoms with Gasteiger partial charge < -0.3 is 14.7 Å². The van der Waals surface area contributed by atoms with Crippen LogP contribution in [-0.4, -0.2) is 14.2 Å². The maximum Gasteiger partial charge on any atom is 0.339 e. The Kier molecular flexibility index (Phi) is 4.40. The molecule has 0 radical (unpaired) electrons. The Morgan fingerprint density at radius 1 is 1.12 bits per heavy atom. The summed E-state index contributed by atoms with van der Waals surface area (Å²) in [5, 5.41) is -0.0571. The monoisotopic (exact) mass is 383 g/mol. The van der Waals surface area contributed by atoms with E-state index in [4.69, 9.17) is 26.3 Å². The van der Waals surface area contributed by atoms with Gasteiger partial charge in [-0.25, -0.2) is 4.39 Å². The normalized spacial score (nSPS) is 17.5. The molecule has 0 aromatic heterocycles. The average Bonchev–Trinajstić information content (AvgIpc) is 2.83. The molecular formula is C16H11ClFNO5S. The fourth-order valence-corrected chi connectivity index (χ4v) is 3.49. The summed E-state index contributed by atoms with van der Waals surface area (Å²) in [5.74, 6) is -3.00. The van der Waals surface area contributed by atoms with Crippen molar-refractivity contribution in [3.05, 3.63) is 76.6 Å². The molecular weight excluding hydrogens is 373 g/mol. The van der Waals surface area contributed by atoms with Crippen LogP contribution in [0.3, 0.4) is 0 Å². The number of benzene rings is 2. The number of ether oxygens (including phenoxy) is 1. The molecule has 2 aromatic rings. The molecule has 0 aliphatic carbocycles. The summed E-state index contributed by atoms with van der Waals surface area (Å²) < 4.78 is 48.4. The zero-order valence-corrected chi connectivity index (χ0v) is 14.1. The van der Waals surface area contributed by atoms with Gasteiger partial charge in [-0.15, -0.1) is 0 Å². The van der Waals surface area contributed by atoms with Crippen molar-refractivity contribution in [2.24, 2.45) is 5.73 Å². The number of hydrogen-bond donors (Lipinski definition) is 1. The number of carbonyl (C=O) groups excluding carboxylic acids is 1. The molecule has 1 aliphatic heterocycles. The summed E-state index contributed by atoms with van der Waals surface area (Å²) >= 11 is 5.91. The van der Waals surface area contributed by atoms with Crippen molar-refractivity contribution < 1.29 is 26.5 Å². The molecule has 1 aliphatic rings. The third-order valence-electron chi connectivity index (χ3n) is 3.42. The van der Waals surface area contributed by atoms with Crippen LogP contribution in [0.4, 0.5) is 4.39 Å². The lowest BCUT2D eigenvalue weighted by Gasteiger charge is -2.12. The zero-order chi connectivity index (χ0) is 18.2. The molecule has 6 nitrogen and oxygen atoms in total. The van der Waals surface area contributed by atoms with E-state index in [1.165, 1.54) is 36.4 Å². The van der Waals surface area contributed by atoms with Crippen molar-refractivity contribution in [3.63, 3.8) is 0 Å². The first kappa shape index (κ1) is 17.2. The average molecular weight is 384 g/mol. The lowest BCUT2D eigenvalue weighted by molar-refractivity contribution is -0.123. The van der Waals surface area contributed by atoms with Crippen LogP contribution in [-0.2, 0) is 23.8 Å². The summed E-state index contributed by atoms with van der Waals surface area (Å²) in [7, 11) is -4.30. The van der Waals surface area contributed by atoms with E-state index in [0.717, 1.165) is 6.07 Å². The van der Waals surface area contributed by atoms with Crippen molar-refractivity contribution in [1.29, 1.82) is 0 Å². The van der Waals surface area contributed by atoms with Crippen LogP contribution in [0.2, 0.25) is 5.02 Å². The van der Waals surface area contributed by atoms with Crippen LogP contribution >= 0.6 is 11.6 Å². The summed E-state index contributed by atoms with van der Waals surface area (Å²) in [6.45, 7) is 0. The van der Waals surface area contributed by atoms with Crippen LogP contribution in [0, 0.1) is 5.82 Å². The molecule has 1 unspecified atom stereocenters. The minimum atomic E-state index is -4.30. The van der Waals surface area contributed by atoms with Gasteiger partial charge in [0.05, 0.1) is 10.6 Å². The molecule has 2 aromatic carbocycles. The van der Waals surface area contributed by atoms with Crippen molar-refractivity contribution in [2.75, 3.05) is 0 Å². The molecule has 0 bridgehead atoms. The second-order valence-electron chi connectivity index (χ2n) is 5.04. The van der Waals surface area contributed by atoms with Gasteiger partial charge in [0.25, 0.3) is 0 Å². The third-order valence-corrected chi connectivity index (χ3v) is 4.98. The molecule has 25 heavy (non-hydrogen) atoms. The highest BCUT2D eigenvalue weighted by Gasteiger charge is 2.42. The topological polar surface area (TPSA) is 95.7 Å². The van der Waals surface area contributed by atoms with Gasteiger partial charge >= 0.3 is 10.1 Å². The second kappa shape index (κ2) is 6.38. The Labute approximate surface area is 147 Å². The van der Waals surface area contributed by atoms with Gasteiger partial charge in [0.2, 0.25) is 17.4 Å². The SMILES string of the molecule is NC1=C(OS(=O)(=O)c2ccccc2)C(=O)C(c2c(F)cccc2Cl)O1. The van der Waals surface area contributed by atoms with Crippen molar-refractivity contribution >= 4 is 27.5 Å². The minimum Gasteiger partial charge on any atom is -0.460 e. The number of nitrogens with two attached hydrogens (primary N) is 1. The number of carbonyl (C=O) groups is 1. The highest BCUT2D eigenvalue weighted by Crippen LogP contribution is 2.37. The van der Waals surface area contributed by atoms with Crippen molar-refractivity contribution in [3.8, 4) is 0 Å². The van der Waals surface area contributed by atoms with Crippen LogP contribution < -0.4 is 5.73 Å². The van der Waals surface area contributed by atoms with Crippen LogP contribution in [0.15, 0.2) is 65.1 Å². The van der Waals surface area contributed by atoms with E-state index in [0.29, 0.717) is 0 Å². The highest BCUT2D eigenvalue weighted by molar-refractivity contribution is 7.86. The first-order chi connectivity index (χ1) is 11.8. The molecule has 2 N–H and O–H groups in total. The van der Waals surface area contributed by atoms with Crippen molar-refractivity contribution in [2.45, 2.75) is 11.0 Å². The standard InChI is InChI=1S/C16H11ClFNO5S/c17-10-7-4-8-11(18)12(10)14-13(20)15(16(19)23-14)24-25(21,22)9-5-2-1-3-6-9/h1-8,14H,19H2. The lowest BCUT2D eigenvalue weighted by Crippen LogP contribution is -2.16. The van der Waals surface area contributed by atoms with Crippen molar-refractivity contribution in [1.82, 2.24) is 0 Å². The van der Waals surface area contributed by atoms with E-state index < -0.39 is 39.5 Å². The minimum absolute atomic E-state index is 0.0571. The van der Waals surface area contributed by atoms with Gasteiger partial charge in [0, 0.05) is 0 Å². The number of halogens is 2. The molecule has 1 atom stereocenters. The van der Waals surface area contributed by atoms with E-state index >= 15 is 0 Å². The maximum absolute atomic E-state index is 14.0. The summed E-state index contributed by atoms with van der Waals surface area (Å²) in [4.78, 5) is 12.3. The maximum atomic E-state index is 14.0. The number of Topliss-reactive ketones (excluding diaryl/α,β-unsaturated/α-hetero) is 1. The molecule has 1 heterocycles. The molecule has 0 saturated heterocycles. The number of ketones is 1. The molecule has 0 saturated carbocycles. The first-order valence-electron chi connectivity index (χ1n) is 6.95. The quantitative estimate of drug-likeness (QED) is 0.815. The third kappa shape index (κ3) is 3.18. The Balaban J connectivity index is 1.92. The van der Waals surface area contributed by atoms with Gasteiger partial charge in [-0.05, 0) is 24.3 Å². The van der Waals surface area contributed by atoms with E-state index in [1.807, 2.05) is 0 Å². The predicted octanol–water partition coefficient (Wildman–Crippen LogP) is 2.65. The molecule has 0 spiro atoms. The Morgan fingerprint density at radius 3 is 2.44 bits per heavy atom. The van der Waals surface area contributed by atoms with Crippen LogP contribution in [0.5, 0.6) is 0 Å². The van der Waals surface area contributed by atoms with E-state index in [1.54, 1.807) is 6.07 Å². The molecule has 3 rings (SSSR count). The summed E-state index contributed by atoms with van der Waals surface area (Å²) in [6.07, 6.45) is -1.52. The van der Waals surface area contributed by atoms with Gasteiger partial charge in [-0.3, -0.25) is 4.79 Å².